The molecule has 1 N–H and O–H groups in total. The molecule has 1 aliphatic rings. The molecule has 1 aromatic carbocycles. The van der Waals surface area contributed by atoms with Crippen LogP contribution in [0.4, 0.5) is 5.82 Å². The topological polar surface area (TPSA) is 109 Å². The van der Waals surface area contributed by atoms with E-state index in [4.69, 9.17) is 0 Å². The van der Waals surface area contributed by atoms with Crippen molar-refractivity contribution >= 4 is 28.5 Å². The molecule has 29 heavy (non-hydrogen) atoms. The molecule has 0 unspecified atom stereocenters. The molecule has 3 aromatic rings. The largest absolute Gasteiger partial charge is 0.476 e. The van der Waals surface area contributed by atoms with E-state index in [2.05, 4.69) is 15.0 Å². The summed E-state index contributed by atoms with van der Waals surface area (Å²) in [6.45, 7) is 1.94. The van der Waals surface area contributed by atoms with Gasteiger partial charge in [0, 0.05) is 37.8 Å². The molecule has 0 bridgehead atoms. The lowest BCUT2D eigenvalue weighted by Gasteiger charge is -2.35. The average molecular weight is 393 g/mol. The van der Waals surface area contributed by atoms with Crippen LogP contribution >= 0.6 is 0 Å². The summed E-state index contributed by atoms with van der Waals surface area (Å²) in [7, 11) is 0. The van der Waals surface area contributed by atoms with Crippen molar-refractivity contribution in [2.75, 3.05) is 31.1 Å². The number of aromatic carboxylic acids is 1. The highest BCUT2D eigenvalue weighted by molar-refractivity contribution is 6.01. The van der Waals surface area contributed by atoms with Gasteiger partial charge in [0.15, 0.2) is 5.69 Å². The van der Waals surface area contributed by atoms with Crippen molar-refractivity contribution in [1.82, 2.24) is 19.7 Å². The minimum absolute atomic E-state index is 0.229. The van der Waals surface area contributed by atoms with Crippen LogP contribution in [0, 0.1) is 0 Å². The van der Waals surface area contributed by atoms with E-state index in [1.807, 2.05) is 18.2 Å². The first kappa shape index (κ1) is 18.6. The van der Waals surface area contributed by atoms with Gasteiger partial charge in [-0.15, -0.1) is 0 Å². The maximum Gasteiger partial charge on any atom is 0.357 e. The van der Waals surface area contributed by atoms with Crippen LogP contribution in [0.5, 0.6) is 0 Å². The molecule has 0 spiro atoms. The highest BCUT2D eigenvalue weighted by Crippen LogP contribution is 2.14. The first-order valence-electron chi connectivity index (χ1n) is 9.21. The van der Waals surface area contributed by atoms with Crippen molar-refractivity contribution < 1.29 is 14.7 Å². The van der Waals surface area contributed by atoms with Crippen LogP contribution in [0.25, 0.3) is 10.8 Å². The van der Waals surface area contributed by atoms with Crippen molar-refractivity contribution in [1.29, 1.82) is 0 Å². The molecule has 4 rings (SSSR count). The van der Waals surface area contributed by atoms with Gasteiger partial charge in [-0.05, 0) is 18.2 Å². The second-order valence-electron chi connectivity index (χ2n) is 6.72. The van der Waals surface area contributed by atoms with Crippen LogP contribution in [0.1, 0.15) is 10.5 Å². The number of carbonyl (C=O) groups excluding carboxylic acids is 1. The lowest BCUT2D eigenvalue weighted by Crippen LogP contribution is -2.50. The van der Waals surface area contributed by atoms with Gasteiger partial charge in [-0.1, -0.05) is 24.3 Å². The van der Waals surface area contributed by atoms with Crippen molar-refractivity contribution in [3.05, 3.63) is 64.7 Å². The summed E-state index contributed by atoms with van der Waals surface area (Å²) in [6.07, 6.45) is 1.73. The molecule has 2 aromatic heterocycles. The molecule has 3 heterocycles. The third-order valence-electron chi connectivity index (χ3n) is 4.96. The molecule has 1 amide bonds. The van der Waals surface area contributed by atoms with E-state index in [1.54, 1.807) is 29.3 Å². The van der Waals surface area contributed by atoms with Gasteiger partial charge < -0.3 is 14.9 Å². The lowest BCUT2D eigenvalue weighted by molar-refractivity contribution is -0.132. The smallest absolute Gasteiger partial charge is 0.357 e. The molecule has 9 nitrogen and oxygen atoms in total. The number of amides is 1. The molecule has 1 aliphatic heterocycles. The van der Waals surface area contributed by atoms with E-state index in [9.17, 15) is 19.5 Å². The third-order valence-corrected chi connectivity index (χ3v) is 4.96. The van der Waals surface area contributed by atoms with E-state index in [0.717, 1.165) is 10.5 Å². The number of aromatic nitrogens is 3. The number of rotatable bonds is 4. The van der Waals surface area contributed by atoms with Gasteiger partial charge in [0.2, 0.25) is 5.91 Å². The van der Waals surface area contributed by atoms with Crippen molar-refractivity contribution in [2.45, 2.75) is 6.54 Å². The van der Waals surface area contributed by atoms with Gasteiger partial charge in [0.25, 0.3) is 5.56 Å². The summed E-state index contributed by atoms with van der Waals surface area (Å²) >= 11 is 0. The van der Waals surface area contributed by atoms with Gasteiger partial charge in [-0.3, -0.25) is 9.59 Å². The van der Waals surface area contributed by atoms with Gasteiger partial charge >= 0.3 is 5.97 Å². The number of nitrogens with zero attached hydrogens (tertiary/aromatic N) is 5. The van der Waals surface area contributed by atoms with E-state index < -0.39 is 11.5 Å². The molecule has 0 atom stereocenters. The van der Waals surface area contributed by atoms with Gasteiger partial charge in [-0.2, -0.15) is 5.10 Å². The maximum absolute atomic E-state index is 12.7. The predicted octanol–water partition coefficient (Wildman–Crippen LogP) is 0.839. The standard InChI is InChI=1S/C20H19N5O4/c26-17(24-11-9-23(10-12-24)16-7-3-4-8-21-16)13-25-19(27)15-6-2-1-5-14(15)18(22-25)20(28)29/h1-8H,9-13H2,(H,28,29). The molecular formula is C20H19N5O4. The van der Waals surface area contributed by atoms with E-state index in [0.29, 0.717) is 26.2 Å². The first-order chi connectivity index (χ1) is 14.0. The average Bonchev–Trinajstić information content (AvgIpc) is 2.76. The Morgan fingerprint density at radius 1 is 0.966 bits per heavy atom. The Morgan fingerprint density at radius 2 is 1.66 bits per heavy atom. The summed E-state index contributed by atoms with van der Waals surface area (Å²) < 4.78 is 0.944. The molecule has 0 saturated carbocycles. The minimum atomic E-state index is -1.24. The van der Waals surface area contributed by atoms with E-state index in [-0.39, 0.29) is 28.9 Å². The Morgan fingerprint density at radius 3 is 2.31 bits per heavy atom. The molecule has 1 fully saturated rings. The van der Waals surface area contributed by atoms with Crippen LogP contribution in [-0.4, -0.2) is 62.8 Å². The zero-order chi connectivity index (χ0) is 20.4. The lowest BCUT2D eigenvalue weighted by atomic mass is 10.1. The fourth-order valence-electron chi connectivity index (χ4n) is 3.45. The minimum Gasteiger partial charge on any atom is -0.476 e. The van der Waals surface area contributed by atoms with E-state index in [1.165, 1.54) is 6.07 Å². The summed E-state index contributed by atoms with van der Waals surface area (Å²) in [4.78, 5) is 45.0. The van der Waals surface area contributed by atoms with Crippen LogP contribution in [0.15, 0.2) is 53.5 Å². The van der Waals surface area contributed by atoms with Crippen LogP contribution in [-0.2, 0) is 11.3 Å². The Bertz CT molecular complexity index is 1120. The summed E-state index contributed by atoms with van der Waals surface area (Å²) in [6, 6.07) is 12.1. The molecular weight excluding hydrogens is 374 g/mol. The Labute approximate surface area is 165 Å². The molecule has 148 valence electrons. The number of fused-ring (bicyclic) bond motifs is 1. The number of piperazine rings is 1. The quantitative estimate of drug-likeness (QED) is 0.700. The number of carbonyl (C=O) groups is 2. The number of anilines is 1. The second-order valence-corrected chi connectivity index (χ2v) is 6.72. The Hall–Kier alpha value is -3.75. The fourth-order valence-corrected chi connectivity index (χ4v) is 3.45. The predicted molar refractivity (Wildman–Crippen MR) is 106 cm³/mol. The molecule has 1 saturated heterocycles. The van der Waals surface area contributed by atoms with Crippen LogP contribution in [0.2, 0.25) is 0 Å². The first-order valence-corrected chi connectivity index (χ1v) is 9.21. The highest BCUT2D eigenvalue weighted by Gasteiger charge is 2.23. The normalized spacial score (nSPS) is 14.2. The van der Waals surface area contributed by atoms with Gasteiger partial charge in [0.05, 0.1) is 5.39 Å². The Balaban J connectivity index is 1.52. The molecule has 0 radical (unpaired) electrons. The number of carboxylic acids is 1. The molecule has 9 heteroatoms. The van der Waals surface area contributed by atoms with E-state index >= 15 is 0 Å². The van der Waals surface area contributed by atoms with Gasteiger partial charge in [-0.25, -0.2) is 14.5 Å². The summed E-state index contributed by atoms with van der Waals surface area (Å²) in [5.74, 6) is -0.656. The second kappa shape index (κ2) is 7.70. The van der Waals surface area contributed by atoms with Crippen molar-refractivity contribution in [3.63, 3.8) is 0 Å². The van der Waals surface area contributed by atoms with Crippen LogP contribution in [0.3, 0.4) is 0 Å². The van der Waals surface area contributed by atoms with Gasteiger partial charge in [0.1, 0.15) is 12.4 Å². The number of carboxylic acid groups (broad SMARTS) is 1. The zero-order valence-corrected chi connectivity index (χ0v) is 15.6. The summed E-state index contributed by atoms with van der Waals surface area (Å²) in [5, 5.41) is 13.9. The molecule has 0 aliphatic carbocycles. The van der Waals surface area contributed by atoms with Crippen molar-refractivity contribution in [3.8, 4) is 0 Å². The number of benzene rings is 1. The number of pyridine rings is 1. The Kier molecular flexibility index (Phi) is 4.94. The fraction of sp³-hybridized carbons (Fsp3) is 0.250. The SMILES string of the molecule is O=C(O)c1nn(CC(=O)N2CCN(c3ccccn3)CC2)c(=O)c2ccccc12. The summed E-state index contributed by atoms with van der Waals surface area (Å²) in [5.41, 5.74) is -0.723. The maximum atomic E-state index is 12.7. The van der Waals surface area contributed by atoms with Crippen LogP contribution < -0.4 is 10.5 Å². The highest BCUT2D eigenvalue weighted by atomic mass is 16.4. The third kappa shape index (κ3) is 3.66. The number of hydrogen-bond acceptors (Lipinski definition) is 6. The van der Waals surface area contributed by atoms with Crippen molar-refractivity contribution in [2.24, 2.45) is 0 Å². The monoisotopic (exact) mass is 393 g/mol. The number of hydrogen-bond donors (Lipinski definition) is 1. The zero-order valence-electron chi connectivity index (χ0n) is 15.6.